The number of nitriles is 2. The number of benzene rings is 3. The summed E-state index contributed by atoms with van der Waals surface area (Å²) in [6.45, 7) is 0. The molecule has 0 spiro atoms. The number of nitrogens with zero attached hydrogens (tertiary/aromatic N) is 2. The molecule has 0 unspecified atom stereocenters. The SMILES string of the molecule is COc1ccc(-c2ccc(Oc3ccc(C#N)c(C#N)c3)cc2)cc1. The highest BCUT2D eigenvalue weighted by atomic mass is 16.5. The molecule has 0 fully saturated rings. The van der Waals surface area contributed by atoms with Gasteiger partial charge in [-0.15, -0.1) is 0 Å². The minimum atomic E-state index is 0.301. The molecule has 0 saturated heterocycles. The molecule has 3 aromatic rings. The smallest absolute Gasteiger partial charge is 0.128 e. The van der Waals surface area contributed by atoms with Gasteiger partial charge in [0.05, 0.1) is 18.2 Å². The van der Waals surface area contributed by atoms with Gasteiger partial charge in [-0.25, -0.2) is 0 Å². The topological polar surface area (TPSA) is 66.0 Å². The van der Waals surface area contributed by atoms with E-state index in [2.05, 4.69) is 0 Å². The molecule has 0 saturated carbocycles. The third-order valence-corrected chi connectivity index (χ3v) is 3.75. The van der Waals surface area contributed by atoms with Crippen molar-refractivity contribution in [2.75, 3.05) is 7.11 Å². The average molecular weight is 326 g/mol. The van der Waals surface area contributed by atoms with Crippen molar-refractivity contribution in [3.63, 3.8) is 0 Å². The molecule has 3 rings (SSSR count). The highest BCUT2D eigenvalue weighted by Crippen LogP contribution is 2.28. The molecule has 0 N–H and O–H groups in total. The molecule has 0 amide bonds. The van der Waals surface area contributed by atoms with Gasteiger partial charge in [0.1, 0.15) is 29.4 Å². The van der Waals surface area contributed by atoms with Crippen molar-refractivity contribution in [2.24, 2.45) is 0 Å². The van der Waals surface area contributed by atoms with Crippen molar-refractivity contribution in [1.29, 1.82) is 10.5 Å². The molecule has 0 aliphatic carbocycles. The molecule has 0 aliphatic rings. The lowest BCUT2D eigenvalue weighted by atomic mass is 10.1. The van der Waals surface area contributed by atoms with Gasteiger partial charge >= 0.3 is 0 Å². The molecular formula is C21H14N2O2. The van der Waals surface area contributed by atoms with Crippen LogP contribution in [0.15, 0.2) is 66.7 Å². The predicted molar refractivity (Wildman–Crippen MR) is 94.4 cm³/mol. The summed E-state index contributed by atoms with van der Waals surface area (Å²) >= 11 is 0. The number of rotatable bonds is 4. The summed E-state index contributed by atoms with van der Waals surface area (Å²) in [5.41, 5.74) is 2.78. The van der Waals surface area contributed by atoms with Gasteiger partial charge in [-0.3, -0.25) is 0 Å². The van der Waals surface area contributed by atoms with E-state index < -0.39 is 0 Å². The van der Waals surface area contributed by atoms with Gasteiger partial charge in [0.2, 0.25) is 0 Å². The first kappa shape index (κ1) is 16.1. The molecule has 0 heterocycles. The van der Waals surface area contributed by atoms with E-state index in [0.29, 0.717) is 22.6 Å². The Morgan fingerprint density at radius 1 is 0.640 bits per heavy atom. The van der Waals surface area contributed by atoms with Gasteiger partial charge < -0.3 is 9.47 Å². The van der Waals surface area contributed by atoms with Crippen molar-refractivity contribution in [2.45, 2.75) is 0 Å². The lowest BCUT2D eigenvalue weighted by Gasteiger charge is -2.08. The Bertz CT molecular complexity index is 963. The van der Waals surface area contributed by atoms with E-state index >= 15 is 0 Å². The van der Waals surface area contributed by atoms with Crippen molar-refractivity contribution in [3.05, 3.63) is 77.9 Å². The van der Waals surface area contributed by atoms with Crippen molar-refractivity contribution in [1.82, 2.24) is 0 Å². The number of ether oxygens (including phenoxy) is 2. The summed E-state index contributed by atoms with van der Waals surface area (Å²) < 4.78 is 10.9. The van der Waals surface area contributed by atoms with Crippen LogP contribution in [-0.2, 0) is 0 Å². The average Bonchev–Trinajstić information content (AvgIpc) is 2.68. The van der Waals surface area contributed by atoms with Crippen LogP contribution in [0.25, 0.3) is 11.1 Å². The van der Waals surface area contributed by atoms with E-state index in [-0.39, 0.29) is 0 Å². The van der Waals surface area contributed by atoms with Crippen molar-refractivity contribution >= 4 is 0 Å². The summed E-state index contributed by atoms with van der Waals surface area (Å²) in [4.78, 5) is 0. The highest BCUT2D eigenvalue weighted by molar-refractivity contribution is 5.65. The molecule has 0 aromatic heterocycles. The van der Waals surface area contributed by atoms with Gasteiger partial charge in [-0.1, -0.05) is 24.3 Å². The van der Waals surface area contributed by atoms with Crippen LogP contribution in [0.2, 0.25) is 0 Å². The lowest BCUT2D eigenvalue weighted by molar-refractivity contribution is 0.415. The molecule has 0 radical (unpaired) electrons. The van der Waals surface area contributed by atoms with Crippen molar-refractivity contribution < 1.29 is 9.47 Å². The molecule has 4 heteroatoms. The van der Waals surface area contributed by atoms with E-state index in [1.807, 2.05) is 60.7 Å². The molecule has 3 aromatic carbocycles. The van der Waals surface area contributed by atoms with Gasteiger partial charge in [0.15, 0.2) is 0 Å². The van der Waals surface area contributed by atoms with E-state index in [4.69, 9.17) is 20.0 Å². The Morgan fingerprint density at radius 3 is 1.68 bits per heavy atom. The molecule has 25 heavy (non-hydrogen) atoms. The van der Waals surface area contributed by atoms with Gasteiger partial charge in [0.25, 0.3) is 0 Å². The summed E-state index contributed by atoms with van der Waals surface area (Å²) in [6, 6.07) is 24.3. The van der Waals surface area contributed by atoms with Crippen molar-refractivity contribution in [3.8, 4) is 40.5 Å². The monoisotopic (exact) mass is 326 g/mol. The number of hydrogen-bond acceptors (Lipinski definition) is 4. The van der Waals surface area contributed by atoms with Gasteiger partial charge in [-0.2, -0.15) is 10.5 Å². The summed E-state index contributed by atoms with van der Waals surface area (Å²) in [5.74, 6) is 2.00. The van der Waals surface area contributed by atoms with Crippen LogP contribution in [0.5, 0.6) is 17.2 Å². The maximum atomic E-state index is 9.07. The second-order valence-corrected chi connectivity index (χ2v) is 5.29. The van der Waals surface area contributed by atoms with Gasteiger partial charge in [0, 0.05) is 0 Å². The lowest BCUT2D eigenvalue weighted by Crippen LogP contribution is -1.88. The van der Waals surface area contributed by atoms with E-state index in [0.717, 1.165) is 16.9 Å². The maximum Gasteiger partial charge on any atom is 0.128 e. The van der Waals surface area contributed by atoms with Crippen LogP contribution in [0, 0.1) is 22.7 Å². The fourth-order valence-electron chi connectivity index (χ4n) is 2.41. The third-order valence-electron chi connectivity index (χ3n) is 3.75. The summed E-state index contributed by atoms with van der Waals surface area (Å²) in [5, 5.41) is 18.0. The fraction of sp³-hybridized carbons (Fsp3) is 0.0476. The number of hydrogen-bond donors (Lipinski definition) is 0. The minimum absolute atomic E-state index is 0.301. The zero-order valence-corrected chi connectivity index (χ0v) is 13.6. The Hall–Kier alpha value is -3.76. The quantitative estimate of drug-likeness (QED) is 0.684. The Morgan fingerprint density at radius 2 is 1.16 bits per heavy atom. The molecule has 120 valence electrons. The molecule has 4 nitrogen and oxygen atoms in total. The third kappa shape index (κ3) is 3.60. The normalized spacial score (nSPS) is 9.72. The standard InChI is InChI=1S/C21H14N2O2/c1-24-19-7-2-15(3-8-19)16-4-9-20(10-5-16)25-21-11-6-17(13-22)18(12-21)14-23/h2-12H,1H3. The minimum Gasteiger partial charge on any atom is -0.497 e. The van der Waals surface area contributed by atoms with Crippen LogP contribution >= 0.6 is 0 Å². The van der Waals surface area contributed by atoms with E-state index in [1.54, 1.807) is 25.3 Å². The van der Waals surface area contributed by atoms with Crippen LogP contribution < -0.4 is 9.47 Å². The van der Waals surface area contributed by atoms with Crippen LogP contribution in [0.1, 0.15) is 11.1 Å². The first-order chi connectivity index (χ1) is 12.2. The summed E-state index contributed by atoms with van der Waals surface area (Å²) in [7, 11) is 1.64. The predicted octanol–water partition coefficient (Wildman–Crippen LogP) is 4.90. The van der Waals surface area contributed by atoms with Gasteiger partial charge in [-0.05, 0) is 53.6 Å². The highest BCUT2D eigenvalue weighted by Gasteiger charge is 2.05. The molecule has 0 bridgehead atoms. The Labute approximate surface area is 146 Å². The zero-order valence-electron chi connectivity index (χ0n) is 13.6. The van der Waals surface area contributed by atoms with Crippen LogP contribution in [0.3, 0.4) is 0 Å². The number of methoxy groups -OCH3 is 1. The largest absolute Gasteiger partial charge is 0.497 e. The fourth-order valence-corrected chi connectivity index (χ4v) is 2.41. The Kier molecular flexibility index (Phi) is 4.65. The van der Waals surface area contributed by atoms with Crippen LogP contribution in [-0.4, -0.2) is 7.11 Å². The van der Waals surface area contributed by atoms with E-state index in [1.165, 1.54) is 0 Å². The van der Waals surface area contributed by atoms with E-state index in [9.17, 15) is 0 Å². The second-order valence-electron chi connectivity index (χ2n) is 5.29. The first-order valence-corrected chi connectivity index (χ1v) is 7.60. The molecule has 0 atom stereocenters. The molecule has 0 aliphatic heterocycles. The van der Waals surface area contributed by atoms with Crippen LogP contribution in [0.4, 0.5) is 0 Å². The first-order valence-electron chi connectivity index (χ1n) is 7.60. The zero-order chi connectivity index (χ0) is 17.6. The maximum absolute atomic E-state index is 9.07. The summed E-state index contributed by atoms with van der Waals surface area (Å²) in [6.07, 6.45) is 0. The molecular weight excluding hydrogens is 312 g/mol. The Balaban J connectivity index is 1.79. The second kappa shape index (κ2) is 7.21.